The van der Waals surface area contributed by atoms with E-state index in [4.69, 9.17) is 4.74 Å². The molecule has 21 heavy (non-hydrogen) atoms. The minimum absolute atomic E-state index is 0.0694. The number of anilines is 1. The first-order valence-electron chi connectivity index (χ1n) is 6.84. The van der Waals surface area contributed by atoms with Crippen LogP contribution in [0, 0.1) is 5.92 Å². The van der Waals surface area contributed by atoms with Crippen LogP contribution in [0.5, 0.6) is 0 Å². The quantitative estimate of drug-likeness (QED) is 0.854. The van der Waals surface area contributed by atoms with Gasteiger partial charge in [0.25, 0.3) is 0 Å². The molecule has 2 heterocycles. The van der Waals surface area contributed by atoms with E-state index in [0.29, 0.717) is 17.7 Å². The van der Waals surface area contributed by atoms with E-state index in [1.54, 1.807) is 7.11 Å². The molecule has 2 rings (SSSR count). The number of carbonyl (C=O) groups is 1. The third-order valence-electron chi connectivity index (χ3n) is 2.95. The smallest absolute Gasteiger partial charge is 0.249 e. The minimum Gasteiger partial charge on any atom is -0.377 e. The molecule has 0 saturated heterocycles. The van der Waals surface area contributed by atoms with Gasteiger partial charge in [-0.05, 0) is 24.5 Å². The highest BCUT2D eigenvalue weighted by Gasteiger charge is 2.22. The summed E-state index contributed by atoms with van der Waals surface area (Å²) < 4.78 is 6.92. The predicted octanol–water partition coefficient (Wildman–Crippen LogP) is 2.71. The summed E-state index contributed by atoms with van der Waals surface area (Å²) in [5.41, 5.74) is 0. The zero-order chi connectivity index (χ0) is 15.2. The van der Waals surface area contributed by atoms with Gasteiger partial charge >= 0.3 is 0 Å². The Labute approximate surface area is 128 Å². The average Bonchev–Trinajstić information content (AvgIpc) is 3.08. The van der Waals surface area contributed by atoms with Gasteiger partial charge < -0.3 is 9.30 Å². The first-order valence-corrected chi connectivity index (χ1v) is 7.66. The van der Waals surface area contributed by atoms with Crippen molar-refractivity contribution in [1.29, 1.82) is 0 Å². The number of aromatic nitrogens is 3. The monoisotopic (exact) mass is 308 g/mol. The molecule has 0 fully saturated rings. The normalized spacial score (nSPS) is 12.6. The van der Waals surface area contributed by atoms with Crippen molar-refractivity contribution >= 4 is 22.4 Å². The van der Waals surface area contributed by atoms with Gasteiger partial charge in [-0.1, -0.05) is 25.2 Å². The van der Waals surface area contributed by atoms with Crippen molar-refractivity contribution in [3.63, 3.8) is 0 Å². The Hall–Kier alpha value is -1.73. The molecule has 0 aliphatic heterocycles. The zero-order valence-electron chi connectivity index (χ0n) is 12.4. The lowest BCUT2D eigenvalue weighted by Gasteiger charge is -2.19. The molecule has 2 aromatic heterocycles. The molecule has 7 heteroatoms. The maximum absolute atomic E-state index is 12.5. The summed E-state index contributed by atoms with van der Waals surface area (Å²) in [6, 6.07) is 3.60. The molecule has 0 spiro atoms. The molecular weight excluding hydrogens is 288 g/mol. The topological polar surface area (TPSA) is 69.0 Å². The summed E-state index contributed by atoms with van der Waals surface area (Å²) >= 11 is 1.33. The molecule has 0 unspecified atom stereocenters. The molecule has 0 aromatic carbocycles. The molecule has 1 amide bonds. The van der Waals surface area contributed by atoms with Crippen LogP contribution in [0.4, 0.5) is 5.13 Å². The fourth-order valence-corrected chi connectivity index (χ4v) is 2.76. The first kappa shape index (κ1) is 15.7. The van der Waals surface area contributed by atoms with E-state index in [-0.39, 0.29) is 11.9 Å². The molecular formula is C14H20N4O2S. The van der Waals surface area contributed by atoms with E-state index in [1.807, 2.05) is 29.1 Å². The van der Waals surface area contributed by atoms with E-state index in [1.165, 1.54) is 11.3 Å². The van der Waals surface area contributed by atoms with E-state index in [9.17, 15) is 4.79 Å². The Morgan fingerprint density at radius 1 is 1.38 bits per heavy atom. The number of methoxy groups -OCH3 is 1. The summed E-state index contributed by atoms with van der Waals surface area (Å²) in [4.78, 5) is 12.5. The molecule has 0 saturated carbocycles. The van der Waals surface area contributed by atoms with E-state index < -0.39 is 0 Å². The third kappa shape index (κ3) is 4.37. The maximum Gasteiger partial charge on any atom is 0.249 e. The third-order valence-corrected chi connectivity index (χ3v) is 3.76. The van der Waals surface area contributed by atoms with Crippen molar-refractivity contribution in [2.45, 2.75) is 32.9 Å². The van der Waals surface area contributed by atoms with Gasteiger partial charge in [0.2, 0.25) is 11.0 Å². The van der Waals surface area contributed by atoms with Gasteiger partial charge in [0.15, 0.2) is 0 Å². The Bertz CT molecular complexity index is 565. The van der Waals surface area contributed by atoms with Crippen LogP contribution in [-0.2, 0) is 16.1 Å². The highest BCUT2D eigenvalue weighted by molar-refractivity contribution is 7.15. The number of hydrogen-bond acceptors (Lipinski definition) is 5. The van der Waals surface area contributed by atoms with Crippen molar-refractivity contribution in [3.05, 3.63) is 29.5 Å². The SMILES string of the molecule is COCc1nnc(NC(=O)[C@@H](CC(C)C)n2cccc2)s1. The van der Waals surface area contributed by atoms with Crippen LogP contribution in [0.2, 0.25) is 0 Å². The number of amides is 1. The second-order valence-corrected chi connectivity index (χ2v) is 6.26. The van der Waals surface area contributed by atoms with E-state index in [0.717, 1.165) is 11.4 Å². The molecule has 1 N–H and O–H groups in total. The van der Waals surface area contributed by atoms with Crippen molar-refractivity contribution < 1.29 is 9.53 Å². The molecule has 114 valence electrons. The summed E-state index contributed by atoms with van der Waals surface area (Å²) in [6.07, 6.45) is 4.58. The number of nitrogens with zero attached hydrogens (tertiary/aromatic N) is 3. The van der Waals surface area contributed by atoms with E-state index in [2.05, 4.69) is 29.4 Å². The average molecular weight is 308 g/mol. The number of ether oxygens (including phenoxy) is 1. The van der Waals surface area contributed by atoms with Gasteiger partial charge in [0, 0.05) is 19.5 Å². The lowest BCUT2D eigenvalue weighted by molar-refractivity contribution is -0.119. The van der Waals surface area contributed by atoms with Gasteiger partial charge in [0.1, 0.15) is 17.7 Å². The molecule has 0 aliphatic carbocycles. The second kappa shape index (κ2) is 7.33. The Morgan fingerprint density at radius 3 is 2.71 bits per heavy atom. The molecule has 2 aromatic rings. The molecule has 0 bridgehead atoms. The van der Waals surface area contributed by atoms with Gasteiger partial charge in [-0.2, -0.15) is 0 Å². The summed E-state index contributed by atoms with van der Waals surface area (Å²) in [6.45, 7) is 4.61. The zero-order valence-corrected chi connectivity index (χ0v) is 13.3. The Morgan fingerprint density at radius 2 is 2.10 bits per heavy atom. The van der Waals surface area contributed by atoms with Crippen LogP contribution in [-0.4, -0.2) is 27.8 Å². The van der Waals surface area contributed by atoms with Gasteiger partial charge in [-0.15, -0.1) is 10.2 Å². The van der Waals surface area contributed by atoms with E-state index >= 15 is 0 Å². The van der Waals surface area contributed by atoms with Crippen LogP contribution in [0.1, 0.15) is 31.3 Å². The molecule has 0 aliphatic rings. The molecule has 0 radical (unpaired) electrons. The highest BCUT2D eigenvalue weighted by atomic mass is 32.1. The van der Waals surface area contributed by atoms with Gasteiger partial charge in [-0.3, -0.25) is 10.1 Å². The Balaban J connectivity index is 2.07. The standard InChI is InChI=1S/C14H20N4O2S/c1-10(2)8-11(18-6-4-5-7-18)13(19)15-14-17-16-12(21-14)9-20-3/h4-7,10-11H,8-9H2,1-3H3,(H,15,17,19)/t11-/m1/s1. The van der Waals surface area contributed by atoms with Crippen LogP contribution in [0.15, 0.2) is 24.5 Å². The number of carbonyl (C=O) groups excluding carboxylic acids is 1. The Kier molecular flexibility index (Phi) is 5.46. The number of nitrogens with one attached hydrogen (secondary N) is 1. The van der Waals surface area contributed by atoms with Crippen LogP contribution in [0.3, 0.4) is 0 Å². The molecule has 1 atom stereocenters. The fourth-order valence-electron chi connectivity index (χ4n) is 2.04. The first-order chi connectivity index (χ1) is 10.1. The van der Waals surface area contributed by atoms with Gasteiger partial charge in [0.05, 0.1) is 0 Å². The number of hydrogen-bond donors (Lipinski definition) is 1. The van der Waals surface area contributed by atoms with Crippen LogP contribution in [0.25, 0.3) is 0 Å². The largest absolute Gasteiger partial charge is 0.377 e. The molecule has 6 nitrogen and oxygen atoms in total. The number of rotatable bonds is 7. The summed E-state index contributed by atoms with van der Waals surface area (Å²) in [5.74, 6) is 0.349. The van der Waals surface area contributed by atoms with Crippen LogP contribution >= 0.6 is 11.3 Å². The lowest BCUT2D eigenvalue weighted by Crippen LogP contribution is -2.26. The summed E-state index contributed by atoms with van der Waals surface area (Å²) in [5, 5.41) is 12.0. The lowest BCUT2D eigenvalue weighted by atomic mass is 10.0. The van der Waals surface area contributed by atoms with Crippen molar-refractivity contribution in [1.82, 2.24) is 14.8 Å². The van der Waals surface area contributed by atoms with Crippen molar-refractivity contribution in [3.8, 4) is 0 Å². The fraction of sp³-hybridized carbons (Fsp3) is 0.500. The van der Waals surface area contributed by atoms with Gasteiger partial charge in [-0.25, -0.2) is 0 Å². The van der Waals surface area contributed by atoms with Crippen LogP contribution < -0.4 is 5.32 Å². The highest BCUT2D eigenvalue weighted by Crippen LogP contribution is 2.22. The maximum atomic E-state index is 12.5. The van der Waals surface area contributed by atoms with Crippen molar-refractivity contribution in [2.75, 3.05) is 12.4 Å². The predicted molar refractivity (Wildman–Crippen MR) is 82.2 cm³/mol. The second-order valence-electron chi connectivity index (χ2n) is 5.20. The minimum atomic E-state index is -0.241. The van der Waals surface area contributed by atoms with Crippen molar-refractivity contribution in [2.24, 2.45) is 5.92 Å². The summed E-state index contributed by atoms with van der Waals surface area (Å²) in [7, 11) is 1.60.